The number of halogens is 2. The Morgan fingerprint density at radius 2 is 2.17 bits per heavy atom. The van der Waals surface area contributed by atoms with Crippen molar-refractivity contribution >= 4 is 27.3 Å². The van der Waals surface area contributed by atoms with Crippen molar-refractivity contribution in [3.63, 3.8) is 0 Å². The zero-order valence-corrected chi connectivity index (χ0v) is 12.4. The predicted octanol–water partition coefficient (Wildman–Crippen LogP) is 2.70. The Morgan fingerprint density at radius 1 is 1.44 bits per heavy atom. The molecule has 1 heterocycles. The van der Waals surface area contributed by atoms with Crippen molar-refractivity contribution in [1.29, 1.82) is 0 Å². The SMILES string of the molecule is CN(C)C1CCCN(c2cc(Br)c(F)cc2N)C1. The van der Waals surface area contributed by atoms with Crippen molar-refractivity contribution in [2.24, 2.45) is 0 Å². The average Bonchev–Trinajstić information content (AvgIpc) is 2.34. The Balaban J connectivity index is 2.23. The smallest absolute Gasteiger partial charge is 0.139 e. The fourth-order valence-corrected chi connectivity index (χ4v) is 2.75. The number of nitrogens with two attached hydrogens (primary N) is 1. The number of nitrogen functional groups attached to an aromatic ring is 1. The monoisotopic (exact) mass is 315 g/mol. The van der Waals surface area contributed by atoms with E-state index >= 15 is 0 Å². The van der Waals surface area contributed by atoms with Gasteiger partial charge in [-0.15, -0.1) is 0 Å². The lowest BCUT2D eigenvalue weighted by Crippen LogP contribution is -2.45. The van der Waals surface area contributed by atoms with Crippen LogP contribution in [0.2, 0.25) is 0 Å². The molecule has 1 aliphatic heterocycles. The largest absolute Gasteiger partial charge is 0.397 e. The zero-order chi connectivity index (χ0) is 13.3. The van der Waals surface area contributed by atoms with Crippen LogP contribution in [0.5, 0.6) is 0 Å². The third-order valence-electron chi connectivity index (χ3n) is 3.54. The van der Waals surface area contributed by atoms with Gasteiger partial charge in [-0.05, 0) is 48.9 Å². The van der Waals surface area contributed by atoms with Gasteiger partial charge in [0.1, 0.15) is 5.82 Å². The van der Waals surface area contributed by atoms with Crippen LogP contribution in [0.15, 0.2) is 16.6 Å². The minimum Gasteiger partial charge on any atom is -0.397 e. The van der Waals surface area contributed by atoms with Gasteiger partial charge in [-0.1, -0.05) is 0 Å². The molecule has 0 spiro atoms. The molecule has 0 aliphatic carbocycles. The highest BCUT2D eigenvalue weighted by Crippen LogP contribution is 2.31. The van der Waals surface area contributed by atoms with Crippen LogP contribution in [0.25, 0.3) is 0 Å². The maximum atomic E-state index is 13.4. The van der Waals surface area contributed by atoms with Crippen LogP contribution in [0.3, 0.4) is 0 Å². The molecule has 0 saturated carbocycles. The molecule has 1 aromatic carbocycles. The van der Waals surface area contributed by atoms with Crippen molar-refractivity contribution in [2.45, 2.75) is 18.9 Å². The number of likely N-dealkylation sites (N-methyl/N-ethyl adjacent to an activating group) is 1. The van der Waals surface area contributed by atoms with Crippen molar-refractivity contribution < 1.29 is 4.39 Å². The third kappa shape index (κ3) is 2.78. The highest BCUT2D eigenvalue weighted by Gasteiger charge is 2.23. The highest BCUT2D eigenvalue weighted by atomic mass is 79.9. The Hall–Kier alpha value is -0.810. The van der Waals surface area contributed by atoms with Gasteiger partial charge in [-0.25, -0.2) is 4.39 Å². The topological polar surface area (TPSA) is 32.5 Å². The molecule has 100 valence electrons. The quantitative estimate of drug-likeness (QED) is 0.852. The first-order valence-corrected chi connectivity index (χ1v) is 6.94. The fourth-order valence-electron chi connectivity index (χ4n) is 2.42. The fraction of sp³-hybridized carbons (Fsp3) is 0.538. The van der Waals surface area contributed by atoms with Gasteiger partial charge in [0.2, 0.25) is 0 Å². The maximum Gasteiger partial charge on any atom is 0.139 e. The van der Waals surface area contributed by atoms with Gasteiger partial charge in [0.25, 0.3) is 0 Å². The summed E-state index contributed by atoms with van der Waals surface area (Å²) in [6, 6.07) is 3.70. The molecule has 0 amide bonds. The van der Waals surface area contributed by atoms with Gasteiger partial charge in [0, 0.05) is 25.2 Å². The summed E-state index contributed by atoms with van der Waals surface area (Å²) in [6.07, 6.45) is 2.34. The van der Waals surface area contributed by atoms with E-state index in [1.54, 1.807) is 6.07 Å². The lowest BCUT2D eigenvalue weighted by atomic mass is 10.0. The van der Waals surface area contributed by atoms with Gasteiger partial charge in [0.05, 0.1) is 15.8 Å². The van der Waals surface area contributed by atoms with Crippen LogP contribution in [0.4, 0.5) is 15.8 Å². The number of nitrogens with zero attached hydrogens (tertiary/aromatic N) is 2. The van der Waals surface area contributed by atoms with Crippen molar-refractivity contribution in [1.82, 2.24) is 4.90 Å². The summed E-state index contributed by atoms with van der Waals surface area (Å²) in [5.74, 6) is -0.308. The Kier molecular flexibility index (Phi) is 4.12. The second kappa shape index (κ2) is 5.45. The minimum atomic E-state index is -0.308. The van der Waals surface area contributed by atoms with Crippen LogP contribution in [0, 0.1) is 5.82 Å². The Labute approximate surface area is 116 Å². The molecule has 18 heavy (non-hydrogen) atoms. The molecular formula is C13H19BrFN3. The maximum absolute atomic E-state index is 13.4. The molecule has 1 unspecified atom stereocenters. The van der Waals surface area contributed by atoms with Gasteiger partial charge >= 0.3 is 0 Å². The van der Waals surface area contributed by atoms with Crippen LogP contribution >= 0.6 is 15.9 Å². The van der Waals surface area contributed by atoms with E-state index in [1.807, 2.05) is 0 Å². The molecule has 2 rings (SSSR count). The van der Waals surface area contributed by atoms with Crippen molar-refractivity contribution in [3.8, 4) is 0 Å². The molecule has 1 aromatic rings. The second-order valence-corrected chi connectivity index (χ2v) is 5.89. The Morgan fingerprint density at radius 3 is 2.83 bits per heavy atom. The molecule has 1 aliphatic rings. The van der Waals surface area contributed by atoms with Crippen molar-refractivity contribution in [2.75, 3.05) is 37.8 Å². The summed E-state index contributed by atoms with van der Waals surface area (Å²) in [4.78, 5) is 4.48. The molecule has 0 radical (unpaired) electrons. The standard InChI is InChI=1S/C13H19BrFN3/c1-17(2)9-4-3-5-18(8-9)13-6-10(14)11(15)7-12(13)16/h6-7,9H,3-5,8,16H2,1-2H3. The summed E-state index contributed by atoms with van der Waals surface area (Å²) in [5, 5.41) is 0. The lowest BCUT2D eigenvalue weighted by Gasteiger charge is -2.38. The normalized spacial score (nSPS) is 20.5. The van der Waals surface area contributed by atoms with E-state index in [0.717, 1.165) is 25.2 Å². The molecule has 1 atom stereocenters. The van der Waals surface area contributed by atoms with Crippen LogP contribution in [-0.2, 0) is 0 Å². The first-order valence-electron chi connectivity index (χ1n) is 6.15. The summed E-state index contributed by atoms with van der Waals surface area (Å²) in [6.45, 7) is 1.92. The summed E-state index contributed by atoms with van der Waals surface area (Å²) >= 11 is 3.22. The van der Waals surface area contributed by atoms with Crippen LogP contribution in [0.1, 0.15) is 12.8 Å². The van der Waals surface area contributed by atoms with E-state index < -0.39 is 0 Å². The van der Waals surface area contributed by atoms with E-state index in [2.05, 4.69) is 39.8 Å². The predicted molar refractivity (Wildman–Crippen MR) is 77.4 cm³/mol. The molecule has 1 fully saturated rings. The lowest BCUT2D eigenvalue weighted by molar-refractivity contribution is 0.258. The minimum absolute atomic E-state index is 0.308. The van der Waals surface area contributed by atoms with Crippen LogP contribution < -0.4 is 10.6 Å². The van der Waals surface area contributed by atoms with Gasteiger partial charge in [-0.3, -0.25) is 0 Å². The number of hydrogen-bond donors (Lipinski definition) is 1. The highest BCUT2D eigenvalue weighted by molar-refractivity contribution is 9.10. The van der Waals surface area contributed by atoms with Crippen LogP contribution in [-0.4, -0.2) is 38.1 Å². The van der Waals surface area contributed by atoms with Gasteiger partial charge < -0.3 is 15.5 Å². The summed E-state index contributed by atoms with van der Waals surface area (Å²) in [5.41, 5.74) is 7.36. The first kappa shape index (κ1) is 13.6. The third-order valence-corrected chi connectivity index (χ3v) is 4.14. The van der Waals surface area contributed by atoms with E-state index in [1.165, 1.54) is 12.5 Å². The number of rotatable bonds is 2. The van der Waals surface area contributed by atoms with E-state index in [4.69, 9.17) is 5.73 Å². The van der Waals surface area contributed by atoms with E-state index in [9.17, 15) is 4.39 Å². The van der Waals surface area contributed by atoms with E-state index in [0.29, 0.717) is 16.2 Å². The molecule has 0 aromatic heterocycles. The first-order chi connectivity index (χ1) is 8.49. The van der Waals surface area contributed by atoms with Gasteiger partial charge in [-0.2, -0.15) is 0 Å². The zero-order valence-electron chi connectivity index (χ0n) is 10.8. The van der Waals surface area contributed by atoms with E-state index in [-0.39, 0.29) is 5.82 Å². The second-order valence-electron chi connectivity index (χ2n) is 5.03. The number of anilines is 2. The van der Waals surface area contributed by atoms with Gasteiger partial charge in [0.15, 0.2) is 0 Å². The molecule has 3 nitrogen and oxygen atoms in total. The molecule has 2 N–H and O–H groups in total. The summed E-state index contributed by atoms with van der Waals surface area (Å²) < 4.78 is 13.8. The Bertz CT molecular complexity index is 436. The van der Waals surface area contributed by atoms with Crippen molar-refractivity contribution in [3.05, 3.63) is 22.4 Å². The molecule has 5 heteroatoms. The number of hydrogen-bond acceptors (Lipinski definition) is 3. The number of piperidine rings is 1. The number of benzene rings is 1. The molecular weight excluding hydrogens is 297 g/mol. The molecule has 0 bridgehead atoms. The average molecular weight is 316 g/mol. The molecule has 1 saturated heterocycles. The summed E-state index contributed by atoms with van der Waals surface area (Å²) in [7, 11) is 4.19.